The Morgan fingerprint density at radius 3 is 3.00 bits per heavy atom. The van der Waals surface area contributed by atoms with Crippen LogP contribution in [-0.2, 0) is 6.54 Å². The molecule has 0 saturated heterocycles. The van der Waals surface area contributed by atoms with Crippen molar-refractivity contribution < 1.29 is 13.6 Å². The molecule has 104 valence electrons. The lowest BCUT2D eigenvalue weighted by Gasteiger charge is -2.14. The van der Waals surface area contributed by atoms with Crippen LogP contribution in [0.2, 0.25) is 0 Å². The summed E-state index contributed by atoms with van der Waals surface area (Å²) < 4.78 is 28.1. The van der Waals surface area contributed by atoms with Gasteiger partial charge in [-0.3, -0.25) is 4.79 Å². The van der Waals surface area contributed by atoms with E-state index >= 15 is 0 Å². The number of fused-ring (bicyclic) bond motifs is 1. The van der Waals surface area contributed by atoms with Crippen molar-refractivity contribution in [3.63, 3.8) is 0 Å². The molecule has 2 N–H and O–H groups in total. The highest BCUT2D eigenvalue weighted by molar-refractivity contribution is 6.03. The molecular weight excluding hydrogens is 266 g/mol. The molecule has 0 saturated carbocycles. The summed E-state index contributed by atoms with van der Waals surface area (Å²) in [6.45, 7) is 1.60. The molecule has 1 amide bonds. The minimum atomic E-state index is -0.819. The number of anilines is 2. The van der Waals surface area contributed by atoms with Crippen molar-refractivity contribution in [3.05, 3.63) is 41.7 Å². The molecule has 0 fully saturated rings. The second-order valence-corrected chi connectivity index (χ2v) is 4.50. The molecule has 1 aromatic carbocycles. The summed E-state index contributed by atoms with van der Waals surface area (Å²) in [7, 11) is 0. The zero-order valence-electron chi connectivity index (χ0n) is 10.5. The molecule has 0 radical (unpaired) electrons. The third-order valence-electron chi connectivity index (χ3n) is 3.05. The molecule has 0 bridgehead atoms. The first-order valence-corrected chi connectivity index (χ1v) is 6.21. The van der Waals surface area contributed by atoms with Crippen molar-refractivity contribution in [2.24, 2.45) is 0 Å². The Morgan fingerprint density at radius 1 is 1.40 bits per heavy atom. The van der Waals surface area contributed by atoms with Gasteiger partial charge in [-0.15, -0.1) is 0 Å². The molecule has 20 heavy (non-hydrogen) atoms. The maximum absolute atomic E-state index is 13.5. The number of carbonyl (C=O) groups excluding carboxylic acids is 1. The van der Waals surface area contributed by atoms with Gasteiger partial charge >= 0.3 is 0 Å². The van der Waals surface area contributed by atoms with Gasteiger partial charge in [-0.2, -0.15) is 0 Å². The van der Waals surface area contributed by atoms with Crippen LogP contribution in [0.15, 0.2) is 24.4 Å². The molecule has 0 atom stereocenters. The fraction of sp³-hybridized carbons (Fsp3) is 0.231. The second kappa shape index (κ2) is 4.92. The maximum atomic E-state index is 13.5. The van der Waals surface area contributed by atoms with E-state index in [1.165, 1.54) is 6.07 Å². The fourth-order valence-electron chi connectivity index (χ4n) is 2.06. The average molecular weight is 278 g/mol. The Balaban J connectivity index is 1.80. The Labute approximate surface area is 113 Å². The summed E-state index contributed by atoms with van der Waals surface area (Å²) in [4.78, 5) is 16.1. The van der Waals surface area contributed by atoms with Gasteiger partial charge in [-0.25, -0.2) is 13.8 Å². The molecule has 2 heterocycles. The zero-order valence-corrected chi connectivity index (χ0v) is 10.5. The van der Waals surface area contributed by atoms with Crippen LogP contribution in [0.1, 0.15) is 16.9 Å². The summed E-state index contributed by atoms with van der Waals surface area (Å²) >= 11 is 0. The van der Waals surface area contributed by atoms with Crippen molar-refractivity contribution in [3.8, 4) is 0 Å². The van der Waals surface area contributed by atoms with Gasteiger partial charge in [0.05, 0.1) is 5.69 Å². The highest BCUT2D eigenvalue weighted by Crippen LogP contribution is 2.18. The lowest BCUT2D eigenvalue weighted by atomic mass is 10.3. The number of carbonyl (C=O) groups is 1. The summed E-state index contributed by atoms with van der Waals surface area (Å²) in [5.74, 6) is -1.41. The largest absolute Gasteiger partial charge is 0.356 e. The quantitative estimate of drug-likeness (QED) is 0.885. The van der Waals surface area contributed by atoms with Gasteiger partial charge in [0.1, 0.15) is 17.3 Å². The smallest absolute Gasteiger partial charge is 0.276 e. The van der Waals surface area contributed by atoms with E-state index in [0.717, 1.165) is 31.6 Å². The van der Waals surface area contributed by atoms with E-state index in [0.29, 0.717) is 5.95 Å². The summed E-state index contributed by atoms with van der Waals surface area (Å²) in [5, 5.41) is 5.45. The fourth-order valence-corrected chi connectivity index (χ4v) is 2.06. The molecule has 7 heteroatoms. The van der Waals surface area contributed by atoms with E-state index in [-0.39, 0.29) is 11.4 Å². The van der Waals surface area contributed by atoms with Crippen molar-refractivity contribution in [1.82, 2.24) is 9.55 Å². The Morgan fingerprint density at radius 2 is 2.25 bits per heavy atom. The van der Waals surface area contributed by atoms with Crippen molar-refractivity contribution >= 4 is 17.5 Å². The van der Waals surface area contributed by atoms with Crippen molar-refractivity contribution in [1.29, 1.82) is 0 Å². The molecular formula is C13H12F2N4O. The number of amides is 1. The van der Waals surface area contributed by atoms with Crippen molar-refractivity contribution in [2.75, 3.05) is 17.2 Å². The number of rotatable bonds is 2. The van der Waals surface area contributed by atoms with Crippen LogP contribution in [0.5, 0.6) is 0 Å². The van der Waals surface area contributed by atoms with E-state index in [9.17, 15) is 13.6 Å². The number of nitrogens with zero attached hydrogens (tertiary/aromatic N) is 2. The average Bonchev–Trinajstić information content (AvgIpc) is 2.86. The van der Waals surface area contributed by atoms with Gasteiger partial charge in [-0.05, 0) is 18.6 Å². The lowest BCUT2D eigenvalue weighted by molar-refractivity contribution is 0.102. The summed E-state index contributed by atoms with van der Waals surface area (Å²) in [6.07, 6.45) is 2.56. The number of nitrogens with one attached hydrogen (secondary N) is 2. The van der Waals surface area contributed by atoms with Gasteiger partial charge in [0.2, 0.25) is 5.95 Å². The molecule has 1 aromatic heterocycles. The Kier molecular flexibility index (Phi) is 3.09. The zero-order chi connectivity index (χ0) is 14.1. The number of halogens is 2. The Bertz CT molecular complexity index is 645. The van der Waals surface area contributed by atoms with E-state index in [1.54, 1.807) is 6.20 Å². The standard InChI is InChI=1S/C13H12F2N4O/c14-8-2-3-10(9(15)6-8)17-12(20)11-7-19-5-1-4-16-13(19)18-11/h2-3,6-7H,1,4-5H2,(H,16,18)(H,17,20). The molecule has 5 nitrogen and oxygen atoms in total. The highest BCUT2D eigenvalue weighted by atomic mass is 19.1. The number of benzene rings is 1. The third-order valence-corrected chi connectivity index (χ3v) is 3.05. The molecule has 1 aliphatic heterocycles. The van der Waals surface area contributed by atoms with Crippen LogP contribution in [-0.4, -0.2) is 22.0 Å². The molecule has 0 spiro atoms. The molecule has 3 rings (SSSR count). The highest BCUT2D eigenvalue weighted by Gasteiger charge is 2.17. The SMILES string of the molecule is O=C(Nc1ccc(F)cc1F)c1cn2c(n1)NCCC2. The molecule has 2 aromatic rings. The van der Waals surface area contributed by atoms with E-state index in [1.807, 2.05) is 4.57 Å². The van der Waals surface area contributed by atoms with Crippen LogP contribution >= 0.6 is 0 Å². The first-order chi connectivity index (χ1) is 9.63. The van der Waals surface area contributed by atoms with Crippen LogP contribution in [0.25, 0.3) is 0 Å². The Hall–Kier alpha value is -2.44. The molecule has 1 aliphatic rings. The van der Waals surface area contributed by atoms with Crippen molar-refractivity contribution in [2.45, 2.75) is 13.0 Å². The predicted octanol–water partition coefficient (Wildman–Crippen LogP) is 2.23. The van der Waals surface area contributed by atoms with E-state index in [2.05, 4.69) is 15.6 Å². The predicted molar refractivity (Wildman–Crippen MR) is 69.6 cm³/mol. The molecule has 0 unspecified atom stereocenters. The topological polar surface area (TPSA) is 59.0 Å². The molecule has 0 aliphatic carbocycles. The second-order valence-electron chi connectivity index (χ2n) is 4.50. The number of imidazole rings is 1. The number of hydrogen-bond donors (Lipinski definition) is 2. The van der Waals surface area contributed by atoms with Crippen LogP contribution in [0.3, 0.4) is 0 Å². The number of hydrogen-bond acceptors (Lipinski definition) is 3. The van der Waals surface area contributed by atoms with Gasteiger partial charge in [0, 0.05) is 25.4 Å². The minimum absolute atomic E-state index is 0.0738. The van der Waals surface area contributed by atoms with Gasteiger partial charge < -0.3 is 15.2 Å². The first-order valence-electron chi connectivity index (χ1n) is 6.21. The van der Waals surface area contributed by atoms with Crippen LogP contribution in [0, 0.1) is 11.6 Å². The van der Waals surface area contributed by atoms with Gasteiger partial charge in [0.15, 0.2) is 0 Å². The maximum Gasteiger partial charge on any atom is 0.276 e. The normalized spacial score (nSPS) is 13.5. The van der Waals surface area contributed by atoms with Crippen LogP contribution < -0.4 is 10.6 Å². The van der Waals surface area contributed by atoms with Gasteiger partial charge in [0.25, 0.3) is 5.91 Å². The monoisotopic (exact) mass is 278 g/mol. The number of aryl methyl sites for hydroxylation is 1. The van der Waals surface area contributed by atoms with Gasteiger partial charge in [-0.1, -0.05) is 0 Å². The number of aromatic nitrogens is 2. The summed E-state index contributed by atoms with van der Waals surface area (Å²) in [5.41, 5.74) is 0.119. The third kappa shape index (κ3) is 2.34. The van der Waals surface area contributed by atoms with E-state index < -0.39 is 17.5 Å². The van der Waals surface area contributed by atoms with Crippen LogP contribution in [0.4, 0.5) is 20.4 Å². The first kappa shape index (κ1) is 12.6. The minimum Gasteiger partial charge on any atom is -0.356 e. The van der Waals surface area contributed by atoms with E-state index in [4.69, 9.17) is 0 Å². The summed E-state index contributed by atoms with van der Waals surface area (Å²) in [6, 6.07) is 2.98. The lowest BCUT2D eigenvalue weighted by Crippen LogP contribution is -2.16.